The Morgan fingerprint density at radius 1 is 0.500 bits per heavy atom. The molecule has 0 atom stereocenters. The molecule has 0 aromatic heterocycles. The monoisotopic (exact) mass is 820 g/mol. The normalized spacial score (nSPS) is 15.3. The molecule has 7 aromatic rings. The SMILES string of the molecule is CC(C)(C)c1ccc(N(c2ccc(C(C)(C)C)cc2)c2cc(C3CCCCC3)cc(N3c4ccccc4[Si](c4ccccc4)(c4ccccc4)c4ccccc43)c2Cl)cc1. The van der Waals surface area contributed by atoms with Gasteiger partial charge in [0.15, 0.2) is 8.07 Å². The molecule has 1 aliphatic carbocycles. The van der Waals surface area contributed by atoms with Crippen LogP contribution in [0.4, 0.5) is 34.1 Å². The fourth-order valence-electron chi connectivity index (χ4n) is 9.93. The molecular weight excluding hydrogens is 764 g/mol. The zero-order valence-corrected chi connectivity index (χ0v) is 37.8. The first-order chi connectivity index (χ1) is 29.0. The van der Waals surface area contributed by atoms with E-state index >= 15 is 0 Å². The summed E-state index contributed by atoms with van der Waals surface area (Å²) in [4.78, 5) is 4.91. The van der Waals surface area contributed by atoms with Crippen LogP contribution in [0.25, 0.3) is 0 Å². The molecule has 2 aliphatic rings. The summed E-state index contributed by atoms with van der Waals surface area (Å²) in [5.41, 5.74) is 10.7. The molecule has 1 saturated carbocycles. The second-order valence-electron chi connectivity index (χ2n) is 19.0. The third-order valence-corrected chi connectivity index (χ3v) is 18.4. The van der Waals surface area contributed by atoms with E-state index in [1.807, 2.05) is 0 Å². The van der Waals surface area contributed by atoms with Crippen LogP contribution in [0.15, 0.2) is 170 Å². The highest BCUT2D eigenvalue weighted by atomic mass is 35.5. The molecule has 60 heavy (non-hydrogen) atoms. The number of anilines is 6. The van der Waals surface area contributed by atoms with Gasteiger partial charge in [-0.2, -0.15) is 0 Å². The van der Waals surface area contributed by atoms with Crippen molar-refractivity contribution in [2.75, 3.05) is 9.80 Å². The lowest BCUT2D eigenvalue weighted by molar-refractivity contribution is 0.444. The molecule has 9 rings (SSSR count). The van der Waals surface area contributed by atoms with Gasteiger partial charge in [-0.1, -0.05) is 194 Å². The fraction of sp³-hybridized carbons (Fsp3) is 0.250. The van der Waals surface area contributed by atoms with Crippen molar-refractivity contribution in [2.24, 2.45) is 0 Å². The largest absolute Gasteiger partial charge is 0.309 e. The molecule has 1 fully saturated rings. The Balaban J connectivity index is 1.33. The van der Waals surface area contributed by atoms with Crippen molar-refractivity contribution in [1.29, 1.82) is 0 Å². The summed E-state index contributed by atoms with van der Waals surface area (Å²) in [5, 5.41) is 6.24. The lowest BCUT2D eigenvalue weighted by Gasteiger charge is -2.45. The Labute approximate surface area is 364 Å². The molecule has 0 bridgehead atoms. The van der Waals surface area contributed by atoms with Crippen LogP contribution in [0.3, 0.4) is 0 Å². The van der Waals surface area contributed by atoms with Gasteiger partial charge in [0.1, 0.15) is 0 Å². The second-order valence-corrected chi connectivity index (χ2v) is 23.1. The molecule has 0 amide bonds. The summed E-state index contributed by atoms with van der Waals surface area (Å²) >= 11 is 8.12. The van der Waals surface area contributed by atoms with Crippen LogP contribution in [-0.2, 0) is 10.8 Å². The van der Waals surface area contributed by atoms with Gasteiger partial charge in [0.05, 0.1) is 16.4 Å². The zero-order valence-electron chi connectivity index (χ0n) is 36.1. The average Bonchev–Trinajstić information content (AvgIpc) is 3.27. The van der Waals surface area contributed by atoms with Crippen LogP contribution in [0.5, 0.6) is 0 Å². The number of para-hydroxylation sites is 2. The van der Waals surface area contributed by atoms with Gasteiger partial charge in [-0.3, -0.25) is 0 Å². The van der Waals surface area contributed by atoms with Crippen LogP contribution >= 0.6 is 11.6 Å². The summed E-state index contributed by atoms with van der Waals surface area (Å²) in [7, 11) is -2.79. The van der Waals surface area contributed by atoms with Gasteiger partial charge in [0.25, 0.3) is 0 Å². The Morgan fingerprint density at radius 2 is 0.933 bits per heavy atom. The molecule has 0 unspecified atom stereocenters. The highest BCUT2D eigenvalue weighted by Gasteiger charge is 2.49. The van der Waals surface area contributed by atoms with Gasteiger partial charge < -0.3 is 9.80 Å². The van der Waals surface area contributed by atoms with Crippen molar-refractivity contribution >= 4 is 74.5 Å². The second kappa shape index (κ2) is 15.9. The lowest BCUT2D eigenvalue weighted by Crippen LogP contribution is -2.77. The number of halogens is 1. The first-order valence-electron chi connectivity index (χ1n) is 21.9. The standard InChI is InChI=1S/C56H57ClN2Si/c1-55(2,3)42-30-34-44(35-31-42)58(45-36-32-43(33-37-45)56(4,5)6)50-38-41(40-20-10-7-11-21-40)39-51(54(50)57)59-48-26-16-18-28-52(48)60(46-22-12-8-13-23-46,47-24-14-9-15-25-47)53-29-19-17-27-49(53)59/h8-9,12-19,22-40H,7,10-11,20-21H2,1-6H3. The van der Waals surface area contributed by atoms with Crippen LogP contribution in [0, 0.1) is 0 Å². The van der Waals surface area contributed by atoms with E-state index in [1.165, 1.54) is 80.9 Å². The molecule has 1 aliphatic heterocycles. The minimum absolute atomic E-state index is 0.0382. The Hall–Kier alpha value is -5.35. The average molecular weight is 822 g/mol. The minimum Gasteiger partial charge on any atom is -0.309 e. The molecular formula is C56H57ClN2Si. The maximum atomic E-state index is 8.12. The Morgan fingerprint density at radius 3 is 1.38 bits per heavy atom. The quantitative estimate of drug-likeness (QED) is 0.148. The molecule has 302 valence electrons. The predicted octanol–water partition coefficient (Wildman–Crippen LogP) is 13.6. The van der Waals surface area contributed by atoms with E-state index in [0.717, 1.165) is 27.8 Å². The molecule has 0 spiro atoms. The van der Waals surface area contributed by atoms with E-state index in [-0.39, 0.29) is 10.8 Å². The number of hydrogen-bond donors (Lipinski definition) is 0. The number of fused-ring (bicyclic) bond motifs is 2. The van der Waals surface area contributed by atoms with E-state index in [9.17, 15) is 0 Å². The topological polar surface area (TPSA) is 6.48 Å². The minimum atomic E-state index is -2.79. The van der Waals surface area contributed by atoms with E-state index < -0.39 is 8.07 Å². The summed E-state index contributed by atoms with van der Waals surface area (Å²) in [6.45, 7) is 13.7. The van der Waals surface area contributed by atoms with Gasteiger partial charge in [-0.15, -0.1) is 0 Å². The van der Waals surface area contributed by atoms with E-state index in [1.54, 1.807) is 0 Å². The van der Waals surface area contributed by atoms with Crippen LogP contribution in [-0.4, -0.2) is 8.07 Å². The smallest absolute Gasteiger partial charge is 0.184 e. The van der Waals surface area contributed by atoms with E-state index in [2.05, 4.69) is 221 Å². The summed E-state index contributed by atoms with van der Waals surface area (Å²) in [6, 6.07) is 64.0. The molecule has 2 nitrogen and oxygen atoms in total. The van der Waals surface area contributed by atoms with Crippen molar-refractivity contribution < 1.29 is 0 Å². The predicted molar refractivity (Wildman–Crippen MR) is 261 cm³/mol. The number of rotatable bonds is 7. The Bertz CT molecular complexity index is 2450. The maximum Gasteiger partial charge on any atom is 0.184 e. The maximum absolute atomic E-state index is 8.12. The van der Waals surface area contributed by atoms with Crippen LogP contribution in [0.1, 0.15) is 96.3 Å². The van der Waals surface area contributed by atoms with Crippen molar-refractivity contribution in [1.82, 2.24) is 0 Å². The molecule has 0 radical (unpaired) electrons. The molecule has 4 heteroatoms. The van der Waals surface area contributed by atoms with Crippen molar-refractivity contribution in [3.8, 4) is 0 Å². The van der Waals surface area contributed by atoms with Crippen LogP contribution < -0.4 is 30.5 Å². The van der Waals surface area contributed by atoms with E-state index in [4.69, 9.17) is 11.6 Å². The lowest BCUT2D eigenvalue weighted by atomic mass is 9.83. The Kier molecular flexibility index (Phi) is 10.6. The summed E-state index contributed by atoms with van der Waals surface area (Å²) in [5.74, 6) is 0.458. The molecule has 1 heterocycles. The summed E-state index contributed by atoms with van der Waals surface area (Å²) in [6.07, 6.45) is 6.18. The third-order valence-electron chi connectivity index (χ3n) is 13.1. The number of nitrogens with zero attached hydrogens (tertiary/aromatic N) is 2. The number of hydrogen-bond acceptors (Lipinski definition) is 2. The van der Waals surface area contributed by atoms with Gasteiger partial charge in [-0.25, -0.2) is 0 Å². The highest BCUT2D eigenvalue weighted by molar-refractivity contribution is 7.21. The van der Waals surface area contributed by atoms with Crippen molar-refractivity contribution in [2.45, 2.75) is 90.4 Å². The van der Waals surface area contributed by atoms with Crippen molar-refractivity contribution in [3.63, 3.8) is 0 Å². The van der Waals surface area contributed by atoms with Gasteiger partial charge in [-0.05, 0) is 116 Å². The van der Waals surface area contributed by atoms with E-state index in [0.29, 0.717) is 5.92 Å². The molecule has 0 N–H and O–H groups in total. The first-order valence-corrected chi connectivity index (χ1v) is 24.3. The molecule has 7 aromatic carbocycles. The third kappa shape index (κ3) is 7.10. The van der Waals surface area contributed by atoms with Gasteiger partial charge in [0.2, 0.25) is 0 Å². The first kappa shape index (κ1) is 40.1. The van der Waals surface area contributed by atoms with Crippen LogP contribution in [0.2, 0.25) is 5.02 Å². The zero-order chi connectivity index (χ0) is 41.6. The summed E-state index contributed by atoms with van der Waals surface area (Å²) < 4.78 is 0. The molecule has 0 saturated heterocycles. The number of benzene rings is 7. The fourth-order valence-corrected chi connectivity index (χ4v) is 15.3. The highest BCUT2D eigenvalue weighted by Crippen LogP contribution is 2.50. The van der Waals surface area contributed by atoms with Gasteiger partial charge in [0, 0.05) is 22.7 Å². The van der Waals surface area contributed by atoms with Gasteiger partial charge >= 0.3 is 0 Å². The van der Waals surface area contributed by atoms with Crippen molar-refractivity contribution in [3.05, 3.63) is 192 Å².